The smallest absolute Gasteiger partial charge is 0.436 e. The Kier molecular flexibility index (Phi) is 8.86. The Labute approximate surface area is 216 Å². The van der Waals surface area contributed by atoms with E-state index >= 15 is 0 Å². The summed E-state index contributed by atoms with van der Waals surface area (Å²) < 4.78 is 70.6. The zero-order chi connectivity index (χ0) is 26.7. The molecular formula is C23H25ClF3N3O4S2. The second kappa shape index (κ2) is 11.3. The number of benzene rings is 1. The number of hydrogen-bond acceptors (Lipinski definition) is 7. The van der Waals surface area contributed by atoms with Crippen molar-refractivity contribution in [3.05, 3.63) is 47.1 Å². The molecule has 1 aromatic carbocycles. The summed E-state index contributed by atoms with van der Waals surface area (Å²) in [4.78, 5) is 15.5. The molecule has 196 valence electrons. The number of carbonyl (C=O) groups is 1. The molecule has 0 N–H and O–H groups in total. The number of rotatable bonds is 10. The van der Waals surface area contributed by atoms with Gasteiger partial charge in [0.05, 0.1) is 20.5 Å². The molecule has 0 spiro atoms. The van der Waals surface area contributed by atoms with E-state index in [1.165, 1.54) is 12.1 Å². The zero-order valence-corrected chi connectivity index (χ0v) is 22.2. The number of esters is 1. The average Bonchev–Trinajstić information content (AvgIpc) is 3.40. The van der Waals surface area contributed by atoms with Crippen LogP contribution in [-0.2, 0) is 32.1 Å². The highest BCUT2D eigenvalue weighted by atomic mass is 35.5. The molecule has 0 amide bonds. The third-order valence-corrected chi connectivity index (χ3v) is 8.00. The summed E-state index contributed by atoms with van der Waals surface area (Å²) >= 11 is 7.22. The Balaban J connectivity index is 1.93. The van der Waals surface area contributed by atoms with Crippen LogP contribution < -0.4 is 0 Å². The largest absolute Gasteiger partial charge is 0.463 e. The van der Waals surface area contributed by atoms with Crippen molar-refractivity contribution in [3.63, 3.8) is 0 Å². The van der Waals surface area contributed by atoms with Gasteiger partial charge in [0.25, 0.3) is 0 Å². The number of alkyl halides is 3. The lowest BCUT2D eigenvalue weighted by atomic mass is 10.2. The summed E-state index contributed by atoms with van der Waals surface area (Å²) in [6.45, 7) is 5.52. The minimum Gasteiger partial charge on any atom is -0.463 e. The van der Waals surface area contributed by atoms with Gasteiger partial charge in [-0.3, -0.25) is 9.48 Å². The molecule has 0 atom stereocenters. The van der Waals surface area contributed by atoms with Gasteiger partial charge >= 0.3 is 12.1 Å². The van der Waals surface area contributed by atoms with Crippen LogP contribution >= 0.6 is 22.9 Å². The lowest BCUT2D eigenvalue weighted by Gasteiger charge is -2.17. The van der Waals surface area contributed by atoms with Crippen molar-refractivity contribution in [1.82, 2.24) is 14.7 Å². The number of aromatic nitrogens is 2. The van der Waals surface area contributed by atoms with Crippen molar-refractivity contribution in [2.24, 2.45) is 0 Å². The summed E-state index contributed by atoms with van der Waals surface area (Å²) in [6, 6.07) is 9.41. The first-order valence-electron chi connectivity index (χ1n) is 11.0. The topological polar surface area (TPSA) is 81.5 Å². The van der Waals surface area contributed by atoms with Crippen molar-refractivity contribution in [2.75, 3.05) is 32.5 Å². The van der Waals surface area contributed by atoms with Gasteiger partial charge < -0.3 is 9.64 Å². The minimum absolute atomic E-state index is 0.0693. The highest BCUT2D eigenvalue weighted by Crippen LogP contribution is 2.43. The van der Waals surface area contributed by atoms with Crippen LogP contribution in [0.5, 0.6) is 0 Å². The molecular weight excluding hydrogens is 539 g/mol. The van der Waals surface area contributed by atoms with Crippen LogP contribution in [0.3, 0.4) is 0 Å². The summed E-state index contributed by atoms with van der Waals surface area (Å²) in [5, 5.41) is 2.95. The van der Waals surface area contributed by atoms with Crippen LogP contribution in [0.4, 0.5) is 13.2 Å². The van der Waals surface area contributed by atoms with Gasteiger partial charge in [-0.05, 0) is 42.9 Å². The SMILES string of the molecule is CCN(CC)CCOC(=O)Cn1nc(C(F)(F)F)c(Cl)c1-c1ccc(-c2cccc(S(C)(=O)=O)c2)s1. The Hall–Kier alpha value is -2.41. The normalized spacial score (nSPS) is 12.3. The van der Waals surface area contributed by atoms with E-state index in [9.17, 15) is 26.4 Å². The number of ether oxygens (including phenoxy) is 1. The molecule has 0 unspecified atom stereocenters. The van der Waals surface area contributed by atoms with Crippen molar-refractivity contribution in [1.29, 1.82) is 0 Å². The number of halogens is 4. The van der Waals surface area contributed by atoms with Crippen LogP contribution in [-0.4, -0.2) is 61.6 Å². The molecule has 0 saturated heterocycles. The van der Waals surface area contributed by atoms with Crippen LogP contribution in [0.1, 0.15) is 19.5 Å². The van der Waals surface area contributed by atoms with Crippen LogP contribution in [0.2, 0.25) is 5.02 Å². The average molecular weight is 564 g/mol. The van der Waals surface area contributed by atoms with Gasteiger partial charge in [0, 0.05) is 17.7 Å². The van der Waals surface area contributed by atoms with Gasteiger partial charge in [-0.2, -0.15) is 18.3 Å². The van der Waals surface area contributed by atoms with Gasteiger partial charge in [0.1, 0.15) is 13.2 Å². The van der Waals surface area contributed by atoms with E-state index in [0.29, 0.717) is 21.9 Å². The Morgan fingerprint density at radius 2 is 1.83 bits per heavy atom. The second-order valence-corrected chi connectivity index (χ2v) is 11.4. The maximum atomic E-state index is 13.6. The van der Waals surface area contributed by atoms with Gasteiger partial charge in [-0.25, -0.2) is 8.42 Å². The number of nitrogens with zero attached hydrogens (tertiary/aromatic N) is 3. The first-order valence-corrected chi connectivity index (χ1v) is 14.1. The fraction of sp³-hybridized carbons (Fsp3) is 0.391. The molecule has 0 aliphatic carbocycles. The highest BCUT2D eigenvalue weighted by Gasteiger charge is 2.39. The number of sulfone groups is 1. The number of thiophene rings is 1. The lowest BCUT2D eigenvalue weighted by molar-refractivity contribution is -0.146. The summed E-state index contributed by atoms with van der Waals surface area (Å²) in [5.41, 5.74) is -0.799. The van der Waals surface area contributed by atoms with E-state index in [1.807, 2.05) is 18.7 Å². The third-order valence-electron chi connectivity index (χ3n) is 5.39. The van der Waals surface area contributed by atoms with E-state index in [-0.39, 0.29) is 17.2 Å². The standard InChI is InChI=1S/C23H25ClF3N3O4S2/c1-4-29(5-2)11-12-34-19(31)14-30-21(20(24)22(28-30)23(25,26)27)18-10-9-17(35-18)15-7-6-8-16(13-15)36(3,32)33/h6-10,13H,4-5,11-12,14H2,1-3H3. The molecule has 36 heavy (non-hydrogen) atoms. The predicted octanol–water partition coefficient (Wildman–Crippen LogP) is 5.24. The molecule has 2 aromatic heterocycles. The van der Waals surface area contributed by atoms with Crippen LogP contribution in [0.25, 0.3) is 21.0 Å². The molecule has 3 aromatic rings. The summed E-state index contributed by atoms with van der Waals surface area (Å²) in [6.07, 6.45) is -3.74. The monoisotopic (exact) mass is 563 g/mol. The molecule has 0 radical (unpaired) electrons. The van der Waals surface area contributed by atoms with Crippen molar-refractivity contribution >= 4 is 38.7 Å². The second-order valence-electron chi connectivity index (χ2n) is 7.88. The number of carbonyl (C=O) groups excluding carboxylic acids is 1. The molecule has 0 saturated carbocycles. The molecule has 2 heterocycles. The minimum atomic E-state index is -4.83. The zero-order valence-electron chi connectivity index (χ0n) is 19.8. The van der Waals surface area contributed by atoms with Crippen molar-refractivity contribution in [3.8, 4) is 21.0 Å². The lowest BCUT2D eigenvalue weighted by Crippen LogP contribution is -2.28. The van der Waals surface area contributed by atoms with E-state index < -0.39 is 39.2 Å². The fourth-order valence-corrected chi connectivity index (χ4v) is 5.59. The van der Waals surface area contributed by atoms with Gasteiger partial charge in [0.15, 0.2) is 15.5 Å². The molecule has 0 bridgehead atoms. The van der Waals surface area contributed by atoms with Gasteiger partial charge in [0.2, 0.25) is 0 Å². The van der Waals surface area contributed by atoms with Gasteiger partial charge in [-0.15, -0.1) is 11.3 Å². The maximum Gasteiger partial charge on any atom is 0.436 e. The number of likely N-dealkylation sites (N-methyl/N-ethyl adjacent to an activating group) is 1. The summed E-state index contributed by atoms with van der Waals surface area (Å²) in [7, 11) is -3.45. The van der Waals surface area contributed by atoms with Crippen LogP contribution in [0, 0.1) is 0 Å². The third kappa shape index (κ3) is 6.67. The molecule has 0 aliphatic heterocycles. The Morgan fingerprint density at radius 3 is 2.44 bits per heavy atom. The van der Waals surface area contributed by atoms with E-state index in [2.05, 4.69) is 5.10 Å². The molecule has 0 fully saturated rings. The van der Waals surface area contributed by atoms with Gasteiger partial charge in [-0.1, -0.05) is 37.6 Å². The highest BCUT2D eigenvalue weighted by molar-refractivity contribution is 7.90. The van der Waals surface area contributed by atoms with Crippen molar-refractivity contribution in [2.45, 2.75) is 31.5 Å². The Bertz CT molecular complexity index is 1330. The van der Waals surface area contributed by atoms with E-state index in [1.54, 1.807) is 24.3 Å². The maximum absolute atomic E-state index is 13.6. The molecule has 3 rings (SSSR count). The Morgan fingerprint density at radius 1 is 1.17 bits per heavy atom. The first kappa shape index (κ1) is 28.2. The van der Waals surface area contributed by atoms with E-state index in [4.69, 9.17) is 16.3 Å². The predicted molar refractivity (Wildman–Crippen MR) is 133 cm³/mol. The molecule has 7 nitrogen and oxygen atoms in total. The number of hydrogen-bond donors (Lipinski definition) is 0. The first-order chi connectivity index (χ1) is 16.8. The molecule has 13 heteroatoms. The summed E-state index contributed by atoms with van der Waals surface area (Å²) in [5.74, 6) is -0.742. The van der Waals surface area contributed by atoms with Crippen molar-refractivity contribution < 1.29 is 31.1 Å². The fourth-order valence-electron chi connectivity index (χ4n) is 3.47. The molecule has 0 aliphatic rings. The quantitative estimate of drug-likeness (QED) is 0.314. The van der Waals surface area contributed by atoms with Crippen LogP contribution in [0.15, 0.2) is 41.3 Å². The van der Waals surface area contributed by atoms with E-state index in [0.717, 1.165) is 35.4 Å².